The van der Waals surface area contributed by atoms with Crippen LogP contribution in [0.5, 0.6) is 11.5 Å². The number of para-hydroxylation sites is 2. The maximum Gasteiger partial charge on any atom is 0.303 e. The number of phenolic OH excluding ortho intramolecular Hbond substituents is 2. The fraction of sp³-hybridized carbons (Fsp3) is 0.381. The molecule has 0 radical (unpaired) electrons. The lowest BCUT2D eigenvalue weighted by Gasteiger charge is -2.27. The number of phenols is 2. The van der Waals surface area contributed by atoms with Gasteiger partial charge in [0.15, 0.2) is 0 Å². The Kier molecular flexibility index (Phi) is 8.74. The van der Waals surface area contributed by atoms with Crippen molar-refractivity contribution >= 4 is 5.97 Å². The summed E-state index contributed by atoms with van der Waals surface area (Å²) in [6.07, 6.45) is 0.584. The number of hydrogen-bond acceptors (Lipinski definition) is 6. The number of benzene rings is 2. The molecule has 0 heterocycles. The molecule has 0 fully saturated rings. The Morgan fingerprint density at radius 2 is 1.29 bits per heavy atom. The normalized spacial score (nSPS) is 11.2. The molecule has 2 rings (SSSR count). The summed E-state index contributed by atoms with van der Waals surface area (Å²) >= 11 is 0. The highest BCUT2D eigenvalue weighted by Crippen LogP contribution is 2.19. The van der Waals surface area contributed by atoms with Gasteiger partial charge in [0.1, 0.15) is 11.5 Å². The first-order chi connectivity index (χ1) is 13.5. The zero-order chi connectivity index (χ0) is 20.4. The number of carbonyl (C=O) groups is 1. The van der Waals surface area contributed by atoms with Crippen molar-refractivity contribution in [2.45, 2.75) is 25.9 Å². The average Bonchev–Trinajstić information content (AvgIpc) is 2.67. The summed E-state index contributed by atoms with van der Waals surface area (Å²) in [4.78, 5) is 14.7. The number of rotatable bonds is 12. The molecule has 0 saturated heterocycles. The minimum atomic E-state index is -0.834. The van der Waals surface area contributed by atoms with E-state index in [-0.39, 0.29) is 24.7 Å². The van der Waals surface area contributed by atoms with Crippen molar-refractivity contribution < 1.29 is 25.2 Å². The van der Waals surface area contributed by atoms with Crippen LogP contribution in [0.25, 0.3) is 0 Å². The van der Waals surface area contributed by atoms with E-state index in [1.807, 2.05) is 24.3 Å². The molecule has 0 amide bonds. The van der Waals surface area contributed by atoms with Crippen LogP contribution in [0.4, 0.5) is 0 Å². The summed E-state index contributed by atoms with van der Waals surface area (Å²) < 4.78 is 0. The van der Waals surface area contributed by atoms with Gasteiger partial charge < -0.3 is 20.4 Å². The number of aliphatic hydroxyl groups excluding tert-OH is 1. The lowest BCUT2D eigenvalue weighted by atomic mass is 10.1. The SMILES string of the molecule is O=C(O)CCCN(CCN(CO)Cc1ccccc1O)Cc1ccccc1O. The van der Waals surface area contributed by atoms with Crippen molar-refractivity contribution in [2.75, 3.05) is 26.4 Å². The molecule has 4 N–H and O–H groups in total. The highest BCUT2D eigenvalue weighted by molar-refractivity contribution is 5.66. The molecule has 0 saturated carbocycles. The smallest absolute Gasteiger partial charge is 0.303 e. The number of nitrogens with zero attached hydrogens (tertiary/aromatic N) is 2. The quantitative estimate of drug-likeness (QED) is 0.413. The monoisotopic (exact) mass is 388 g/mol. The zero-order valence-electron chi connectivity index (χ0n) is 15.9. The van der Waals surface area contributed by atoms with E-state index in [9.17, 15) is 20.1 Å². The van der Waals surface area contributed by atoms with Crippen LogP contribution < -0.4 is 0 Å². The first-order valence-electron chi connectivity index (χ1n) is 9.30. The second kappa shape index (κ2) is 11.3. The van der Waals surface area contributed by atoms with Crippen LogP contribution in [0.2, 0.25) is 0 Å². The number of aromatic hydroxyl groups is 2. The van der Waals surface area contributed by atoms with E-state index in [1.165, 1.54) is 0 Å². The molecule has 0 aliphatic heterocycles. The summed E-state index contributed by atoms with van der Waals surface area (Å²) in [5, 5.41) is 38.5. The Morgan fingerprint density at radius 1 is 0.786 bits per heavy atom. The van der Waals surface area contributed by atoms with E-state index < -0.39 is 5.97 Å². The summed E-state index contributed by atoms with van der Waals surface area (Å²) in [7, 11) is 0. The summed E-state index contributed by atoms with van der Waals surface area (Å²) in [5.41, 5.74) is 1.50. The van der Waals surface area contributed by atoms with Crippen LogP contribution in [-0.4, -0.2) is 62.6 Å². The second-order valence-electron chi connectivity index (χ2n) is 6.72. The van der Waals surface area contributed by atoms with Crippen molar-refractivity contribution in [2.24, 2.45) is 0 Å². The molecule has 2 aromatic carbocycles. The summed E-state index contributed by atoms with van der Waals surface area (Å²) in [6, 6.07) is 14.1. The van der Waals surface area contributed by atoms with E-state index in [0.29, 0.717) is 39.1 Å². The summed E-state index contributed by atoms with van der Waals surface area (Å²) in [5.74, 6) is -0.438. The van der Waals surface area contributed by atoms with E-state index in [2.05, 4.69) is 4.90 Å². The lowest BCUT2D eigenvalue weighted by molar-refractivity contribution is -0.137. The molecule has 0 aromatic heterocycles. The Balaban J connectivity index is 1.98. The van der Waals surface area contributed by atoms with Gasteiger partial charge in [0, 0.05) is 43.7 Å². The van der Waals surface area contributed by atoms with Gasteiger partial charge in [0.05, 0.1) is 6.73 Å². The molecule has 152 valence electrons. The fourth-order valence-electron chi connectivity index (χ4n) is 2.98. The third-order valence-corrected chi connectivity index (χ3v) is 4.57. The van der Waals surface area contributed by atoms with E-state index in [4.69, 9.17) is 5.11 Å². The molecular weight excluding hydrogens is 360 g/mol. The first kappa shape index (κ1) is 21.7. The predicted octanol–water partition coefficient (Wildman–Crippen LogP) is 2.22. The molecule has 0 aliphatic rings. The van der Waals surface area contributed by atoms with Crippen molar-refractivity contribution in [1.29, 1.82) is 0 Å². The molecule has 7 heteroatoms. The Morgan fingerprint density at radius 3 is 1.79 bits per heavy atom. The van der Waals surface area contributed by atoms with Crippen molar-refractivity contribution in [3.05, 3.63) is 59.7 Å². The third kappa shape index (κ3) is 7.19. The second-order valence-corrected chi connectivity index (χ2v) is 6.72. The standard InChI is InChI=1S/C21H28N2O5/c24-16-23(15-18-7-2-4-9-20(18)26)13-12-22(11-5-10-21(27)28)14-17-6-1-3-8-19(17)25/h1-4,6-9,24-26H,5,10-16H2,(H,27,28). The van der Waals surface area contributed by atoms with Gasteiger partial charge in [0.2, 0.25) is 0 Å². The van der Waals surface area contributed by atoms with Crippen LogP contribution in [-0.2, 0) is 17.9 Å². The lowest BCUT2D eigenvalue weighted by Crippen LogP contribution is -2.36. The Bertz CT molecular complexity index is 753. The Labute approximate surface area is 165 Å². The minimum absolute atomic E-state index is 0.0822. The minimum Gasteiger partial charge on any atom is -0.508 e. The number of carboxylic acid groups (broad SMARTS) is 1. The molecule has 2 aromatic rings. The van der Waals surface area contributed by atoms with Crippen LogP contribution in [0.15, 0.2) is 48.5 Å². The number of aliphatic hydroxyl groups is 1. The maximum atomic E-state index is 10.8. The van der Waals surface area contributed by atoms with Crippen molar-refractivity contribution in [3.8, 4) is 11.5 Å². The largest absolute Gasteiger partial charge is 0.508 e. The van der Waals surface area contributed by atoms with Gasteiger partial charge in [-0.3, -0.25) is 14.6 Å². The number of carboxylic acids is 1. The molecule has 0 bridgehead atoms. The van der Waals surface area contributed by atoms with E-state index in [1.54, 1.807) is 29.2 Å². The fourth-order valence-corrected chi connectivity index (χ4v) is 2.98. The highest BCUT2D eigenvalue weighted by Gasteiger charge is 2.13. The molecule has 0 aliphatic carbocycles. The third-order valence-electron chi connectivity index (χ3n) is 4.57. The van der Waals surface area contributed by atoms with Crippen LogP contribution in [0.1, 0.15) is 24.0 Å². The van der Waals surface area contributed by atoms with E-state index >= 15 is 0 Å². The van der Waals surface area contributed by atoms with Crippen LogP contribution in [0, 0.1) is 0 Å². The molecule has 0 atom stereocenters. The Hall–Kier alpha value is -2.61. The summed E-state index contributed by atoms with van der Waals surface area (Å²) in [6.45, 7) is 2.42. The number of hydrogen-bond donors (Lipinski definition) is 4. The van der Waals surface area contributed by atoms with Gasteiger partial charge in [-0.05, 0) is 25.1 Å². The topological polar surface area (TPSA) is 104 Å². The van der Waals surface area contributed by atoms with Crippen LogP contribution >= 0.6 is 0 Å². The van der Waals surface area contributed by atoms with Crippen molar-refractivity contribution in [3.63, 3.8) is 0 Å². The molecule has 0 spiro atoms. The van der Waals surface area contributed by atoms with Gasteiger partial charge in [-0.25, -0.2) is 0 Å². The van der Waals surface area contributed by atoms with Gasteiger partial charge >= 0.3 is 5.97 Å². The molecule has 0 unspecified atom stereocenters. The van der Waals surface area contributed by atoms with Gasteiger partial charge in [-0.2, -0.15) is 0 Å². The predicted molar refractivity (Wildman–Crippen MR) is 106 cm³/mol. The molecular formula is C21H28N2O5. The van der Waals surface area contributed by atoms with Gasteiger partial charge in [-0.1, -0.05) is 36.4 Å². The zero-order valence-corrected chi connectivity index (χ0v) is 15.9. The number of aliphatic carboxylic acids is 1. The van der Waals surface area contributed by atoms with E-state index in [0.717, 1.165) is 11.1 Å². The molecule has 7 nitrogen and oxygen atoms in total. The van der Waals surface area contributed by atoms with Gasteiger partial charge in [-0.15, -0.1) is 0 Å². The first-order valence-corrected chi connectivity index (χ1v) is 9.30. The van der Waals surface area contributed by atoms with Gasteiger partial charge in [0.25, 0.3) is 0 Å². The van der Waals surface area contributed by atoms with Crippen molar-refractivity contribution in [1.82, 2.24) is 9.80 Å². The maximum absolute atomic E-state index is 10.8. The molecule has 28 heavy (non-hydrogen) atoms. The van der Waals surface area contributed by atoms with Crippen LogP contribution in [0.3, 0.4) is 0 Å². The highest BCUT2D eigenvalue weighted by atomic mass is 16.4. The average molecular weight is 388 g/mol.